The zero-order valence-corrected chi connectivity index (χ0v) is 48.1. The first-order chi connectivity index (χ1) is 34.6. The number of phosphoric ester groups is 1. The maximum atomic E-state index is 12.8. The van der Waals surface area contributed by atoms with Crippen LogP contribution in [0.15, 0.2) is 72.9 Å². The summed E-state index contributed by atoms with van der Waals surface area (Å²) in [5, 5.41) is 0. The van der Waals surface area contributed by atoms with Crippen LogP contribution in [0.1, 0.15) is 258 Å². The average molecular weight is 1020 g/mol. The molecule has 0 heterocycles. The van der Waals surface area contributed by atoms with Crippen molar-refractivity contribution in [1.82, 2.24) is 0 Å². The summed E-state index contributed by atoms with van der Waals surface area (Å²) in [4.78, 5) is 25.3. The lowest BCUT2D eigenvalue weighted by molar-refractivity contribution is -0.870. The zero-order chi connectivity index (χ0) is 51.9. The maximum Gasteiger partial charge on any atom is 0.306 e. The number of hydrogen-bond donors (Lipinski definition) is 0. The van der Waals surface area contributed by atoms with E-state index in [2.05, 4.69) is 86.8 Å². The Bertz CT molecular complexity index is 1370. The molecule has 0 saturated heterocycles. The van der Waals surface area contributed by atoms with Crippen LogP contribution in [0.25, 0.3) is 0 Å². The molecular weight excluding hydrogens is 902 g/mol. The quantitative estimate of drug-likeness (QED) is 0.0197. The van der Waals surface area contributed by atoms with Crippen LogP contribution >= 0.6 is 7.82 Å². The standard InChI is InChI=1S/C62H114NO7P/c1-6-8-10-12-14-16-18-20-22-24-26-28-30-31-32-34-36-38-40-42-44-46-48-50-52-54-57-67-59-61(60-69-71(65,66)68-58-56-63(3,4)5)70-62(64)55-53-51-49-47-45-43-41-39-37-35-33-29-27-25-23-21-19-17-15-13-11-9-7-2/h9,11,15,17-18,20-21,23-24,26-27,29,61H,6-8,10,12-14,16,19,22,25,28,30-60H2,1-5H3/b11-9-,17-15-,20-18-,23-21-,26-24-,29-27-. The number of likely N-dealkylation sites (N-methyl/N-ethyl adjacent to an activating group) is 1. The molecular formula is C62H114NO7P. The van der Waals surface area contributed by atoms with Crippen molar-refractivity contribution in [2.75, 3.05) is 54.1 Å². The summed E-state index contributed by atoms with van der Waals surface area (Å²) in [6.45, 7) is 5.31. The Labute approximate surface area is 440 Å². The Balaban J connectivity index is 4.06. The van der Waals surface area contributed by atoms with Gasteiger partial charge in [-0.05, 0) is 83.5 Å². The number of quaternary nitrogens is 1. The molecule has 0 fully saturated rings. The van der Waals surface area contributed by atoms with Gasteiger partial charge in [0.15, 0.2) is 0 Å². The summed E-state index contributed by atoms with van der Waals surface area (Å²) >= 11 is 0. The number of rotatable bonds is 55. The van der Waals surface area contributed by atoms with Gasteiger partial charge in [-0.15, -0.1) is 0 Å². The lowest BCUT2D eigenvalue weighted by Gasteiger charge is -2.28. The van der Waals surface area contributed by atoms with Gasteiger partial charge in [0.05, 0.1) is 34.4 Å². The molecule has 0 aromatic carbocycles. The van der Waals surface area contributed by atoms with Crippen molar-refractivity contribution in [3.63, 3.8) is 0 Å². The number of allylic oxidation sites excluding steroid dienone is 12. The Morgan fingerprint density at radius 3 is 1.23 bits per heavy atom. The molecule has 71 heavy (non-hydrogen) atoms. The Morgan fingerprint density at radius 2 is 0.817 bits per heavy atom. The number of hydrogen-bond acceptors (Lipinski definition) is 7. The van der Waals surface area contributed by atoms with Gasteiger partial charge in [-0.3, -0.25) is 9.36 Å². The topological polar surface area (TPSA) is 94.1 Å². The molecule has 2 atom stereocenters. The van der Waals surface area contributed by atoms with Crippen molar-refractivity contribution in [3.05, 3.63) is 72.9 Å². The second kappa shape index (κ2) is 54.2. The lowest BCUT2D eigenvalue weighted by Crippen LogP contribution is -2.37. The third-order valence-electron chi connectivity index (χ3n) is 12.7. The number of carbonyl (C=O) groups is 1. The van der Waals surface area contributed by atoms with Gasteiger partial charge < -0.3 is 27.9 Å². The summed E-state index contributed by atoms with van der Waals surface area (Å²) in [5.41, 5.74) is 0. The number of phosphoric acid groups is 1. The van der Waals surface area contributed by atoms with E-state index in [1.807, 2.05) is 21.1 Å². The molecule has 2 unspecified atom stereocenters. The van der Waals surface area contributed by atoms with Crippen LogP contribution in [0.2, 0.25) is 0 Å². The first-order valence-corrected chi connectivity index (χ1v) is 31.1. The molecule has 0 aromatic rings. The van der Waals surface area contributed by atoms with Crippen LogP contribution in [-0.4, -0.2) is 70.7 Å². The third-order valence-corrected chi connectivity index (χ3v) is 13.7. The van der Waals surface area contributed by atoms with E-state index in [0.717, 1.165) is 64.2 Å². The molecule has 0 aliphatic heterocycles. The minimum atomic E-state index is -4.54. The van der Waals surface area contributed by atoms with E-state index in [0.29, 0.717) is 24.1 Å². The molecule has 0 radical (unpaired) electrons. The van der Waals surface area contributed by atoms with Crippen molar-refractivity contribution >= 4 is 13.8 Å². The Kier molecular flexibility index (Phi) is 52.6. The van der Waals surface area contributed by atoms with Gasteiger partial charge in [0, 0.05) is 13.0 Å². The summed E-state index contributed by atoms with van der Waals surface area (Å²) in [5.74, 6) is -0.337. The normalized spacial score (nSPS) is 13.9. The molecule has 0 aliphatic rings. The van der Waals surface area contributed by atoms with Crippen molar-refractivity contribution in [1.29, 1.82) is 0 Å². The minimum absolute atomic E-state index is 0.0231. The number of ether oxygens (including phenoxy) is 2. The van der Waals surface area contributed by atoms with Crippen molar-refractivity contribution < 1.29 is 37.3 Å². The van der Waals surface area contributed by atoms with E-state index in [1.54, 1.807) is 0 Å². The average Bonchev–Trinajstić information content (AvgIpc) is 3.33. The number of nitrogens with zero attached hydrogens (tertiary/aromatic N) is 1. The summed E-state index contributed by atoms with van der Waals surface area (Å²) in [7, 11) is 1.35. The van der Waals surface area contributed by atoms with Crippen LogP contribution in [0.5, 0.6) is 0 Å². The van der Waals surface area contributed by atoms with Crippen molar-refractivity contribution in [3.8, 4) is 0 Å². The van der Waals surface area contributed by atoms with E-state index in [1.165, 1.54) is 173 Å². The molecule has 0 saturated carbocycles. The molecule has 0 amide bonds. The molecule has 0 aliphatic carbocycles. The van der Waals surface area contributed by atoms with Crippen LogP contribution in [0, 0.1) is 0 Å². The highest BCUT2D eigenvalue weighted by Crippen LogP contribution is 2.38. The summed E-state index contributed by atoms with van der Waals surface area (Å²) in [6, 6.07) is 0. The highest BCUT2D eigenvalue weighted by atomic mass is 31.2. The fourth-order valence-electron chi connectivity index (χ4n) is 8.22. The van der Waals surface area contributed by atoms with Crippen LogP contribution in [0.4, 0.5) is 0 Å². The van der Waals surface area contributed by atoms with Crippen LogP contribution in [0.3, 0.4) is 0 Å². The first kappa shape index (κ1) is 68.9. The van der Waals surface area contributed by atoms with E-state index in [9.17, 15) is 14.3 Å². The molecule has 414 valence electrons. The smallest absolute Gasteiger partial charge is 0.306 e. The molecule has 0 bridgehead atoms. The SMILES string of the molecule is CC/C=C\C/C=C\C/C=C\C/C=C\CCCCCCCCCCCCC(=O)OC(COCCCCCCCCCCCCCCCC/C=C\C/C=C\CCCCCCC)COP(=O)([O-])OCC[N+](C)(C)C. The van der Waals surface area contributed by atoms with E-state index in [4.69, 9.17) is 18.5 Å². The predicted molar refractivity (Wildman–Crippen MR) is 305 cm³/mol. The molecule has 0 spiro atoms. The largest absolute Gasteiger partial charge is 0.756 e. The van der Waals surface area contributed by atoms with Gasteiger partial charge in [0.1, 0.15) is 19.3 Å². The van der Waals surface area contributed by atoms with Gasteiger partial charge in [-0.2, -0.15) is 0 Å². The molecule has 0 rings (SSSR count). The van der Waals surface area contributed by atoms with Gasteiger partial charge in [0.2, 0.25) is 0 Å². The second-order valence-corrected chi connectivity index (χ2v) is 22.4. The van der Waals surface area contributed by atoms with E-state index >= 15 is 0 Å². The third kappa shape index (κ3) is 58.7. The van der Waals surface area contributed by atoms with Gasteiger partial charge in [0.25, 0.3) is 7.82 Å². The van der Waals surface area contributed by atoms with Crippen LogP contribution < -0.4 is 4.89 Å². The highest BCUT2D eigenvalue weighted by Gasteiger charge is 2.20. The fraction of sp³-hybridized carbons (Fsp3) is 0.790. The van der Waals surface area contributed by atoms with E-state index in [-0.39, 0.29) is 25.8 Å². The highest BCUT2D eigenvalue weighted by molar-refractivity contribution is 7.45. The Hall–Kier alpha value is -2.06. The predicted octanol–water partition coefficient (Wildman–Crippen LogP) is 18.3. The van der Waals surface area contributed by atoms with Crippen molar-refractivity contribution in [2.45, 2.75) is 264 Å². The maximum absolute atomic E-state index is 12.8. The summed E-state index contributed by atoms with van der Waals surface area (Å²) in [6.07, 6.45) is 72.3. The van der Waals surface area contributed by atoms with Gasteiger partial charge in [-0.25, -0.2) is 0 Å². The number of unbranched alkanes of at least 4 members (excludes halogenated alkanes) is 29. The number of carbonyl (C=O) groups excluding carboxylic acids is 1. The van der Waals surface area contributed by atoms with Gasteiger partial charge >= 0.3 is 5.97 Å². The molecule has 0 N–H and O–H groups in total. The van der Waals surface area contributed by atoms with E-state index < -0.39 is 13.9 Å². The minimum Gasteiger partial charge on any atom is -0.756 e. The molecule has 8 nitrogen and oxygen atoms in total. The van der Waals surface area contributed by atoms with Crippen LogP contribution in [-0.2, 0) is 27.9 Å². The monoisotopic (exact) mass is 1020 g/mol. The zero-order valence-electron chi connectivity index (χ0n) is 47.2. The van der Waals surface area contributed by atoms with Crippen molar-refractivity contribution in [2.24, 2.45) is 0 Å². The summed E-state index contributed by atoms with van der Waals surface area (Å²) < 4.78 is 34.9. The second-order valence-electron chi connectivity index (χ2n) is 21.0. The van der Waals surface area contributed by atoms with Gasteiger partial charge in [-0.1, -0.05) is 241 Å². The molecule has 0 aromatic heterocycles. The first-order valence-electron chi connectivity index (χ1n) is 29.7. The Morgan fingerprint density at radius 1 is 0.451 bits per heavy atom. The number of esters is 1. The fourth-order valence-corrected chi connectivity index (χ4v) is 8.95. The lowest BCUT2D eigenvalue weighted by atomic mass is 10.0. The molecule has 9 heteroatoms.